The first-order valence-corrected chi connectivity index (χ1v) is 5.94. The van der Waals surface area contributed by atoms with Gasteiger partial charge in [0, 0.05) is 12.1 Å². The lowest BCUT2D eigenvalue weighted by Crippen LogP contribution is -2.47. The zero-order valence-corrected chi connectivity index (χ0v) is 10.5. The SMILES string of the molecule is CC(C)(C)NC(=O)C(=O)NCc1ccsc1. The van der Waals surface area contributed by atoms with Gasteiger partial charge in [0.05, 0.1) is 0 Å². The fourth-order valence-corrected chi connectivity index (χ4v) is 1.72. The predicted molar refractivity (Wildman–Crippen MR) is 64.1 cm³/mol. The van der Waals surface area contributed by atoms with Crippen molar-refractivity contribution in [1.29, 1.82) is 0 Å². The number of hydrogen-bond acceptors (Lipinski definition) is 3. The molecule has 1 rings (SSSR count). The largest absolute Gasteiger partial charge is 0.344 e. The first-order chi connectivity index (χ1) is 7.38. The topological polar surface area (TPSA) is 58.2 Å². The Hall–Kier alpha value is -1.36. The van der Waals surface area contributed by atoms with Crippen molar-refractivity contribution >= 4 is 23.2 Å². The number of carbonyl (C=O) groups is 2. The van der Waals surface area contributed by atoms with Crippen molar-refractivity contribution in [2.75, 3.05) is 0 Å². The minimum absolute atomic E-state index is 0.389. The summed E-state index contributed by atoms with van der Waals surface area (Å²) in [5, 5.41) is 9.02. The maximum atomic E-state index is 11.4. The van der Waals surface area contributed by atoms with Gasteiger partial charge in [0.25, 0.3) is 0 Å². The first-order valence-electron chi connectivity index (χ1n) is 5.00. The smallest absolute Gasteiger partial charge is 0.309 e. The molecule has 0 saturated carbocycles. The average Bonchev–Trinajstić information content (AvgIpc) is 2.63. The van der Waals surface area contributed by atoms with Crippen LogP contribution in [0.15, 0.2) is 16.8 Å². The van der Waals surface area contributed by atoms with E-state index in [9.17, 15) is 9.59 Å². The molecule has 0 aliphatic rings. The van der Waals surface area contributed by atoms with Crippen molar-refractivity contribution in [2.24, 2.45) is 0 Å². The molecule has 2 N–H and O–H groups in total. The maximum absolute atomic E-state index is 11.4. The van der Waals surface area contributed by atoms with Crippen LogP contribution in [0.3, 0.4) is 0 Å². The normalized spacial score (nSPS) is 10.9. The molecule has 0 unspecified atom stereocenters. The van der Waals surface area contributed by atoms with E-state index in [4.69, 9.17) is 0 Å². The molecule has 88 valence electrons. The quantitative estimate of drug-likeness (QED) is 0.765. The third kappa shape index (κ3) is 4.44. The Labute approximate surface area is 99.0 Å². The number of hydrogen-bond donors (Lipinski definition) is 2. The molecule has 2 amide bonds. The third-order valence-corrected chi connectivity index (χ3v) is 2.46. The summed E-state index contributed by atoms with van der Waals surface area (Å²) in [6.45, 7) is 5.88. The molecule has 16 heavy (non-hydrogen) atoms. The van der Waals surface area contributed by atoms with Gasteiger partial charge in [0.15, 0.2) is 0 Å². The summed E-state index contributed by atoms with van der Waals surface area (Å²) < 4.78 is 0. The highest BCUT2D eigenvalue weighted by Gasteiger charge is 2.19. The van der Waals surface area contributed by atoms with E-state index in [0.29, 0.717) is 6.54 Å². The standard InChI is InChI=1S/C11H16N2O2S/c1-11(2,3)13-10(15)9(14)12-6-8-4-5-16-7-8/h4-5,7H,6H2,1-3H3,(H,12,14)(H,13,15). The van der Waals surface area contributed by atoms with E-state index < -0.39 is 17.4 Å². The predicted octanol–water partition coefficient (Wildman–Crippen LogP) is 1.28. The van der Waals surface area contributed by atoms with E-state index in [0.717, 1.165) is 5.56 Å². The Morgan fingerprint density at radius 1 is 1.31 bits per heavy atom. The van der Waals surface area contributed by atoms with Crippen LogP contribution in [0.25, 0.3) is 0 Å². The molecule has 0 aromatic carbocycles. The van der Waals surface area contributed by atoms with E-state index in [-0.39, 0.29) is 0 Å². The third-order valence-electron chi connectivity index (χ3n) is 1.73. The van der Waals surface area contributed by atoms with Gasteiger partial charge in [-0.05, 0) is 43.2 Å². The highest BCUT2D eigenvalue weighted by molar-refractivity contribution is 7.07. The zero-order chi connectivity index (χ0) is 12.2. The molecule has 1 aromatic rings. The molecule has 0 aliphatic heterocycles. The van der Waals surface area contributed by atoms with Crippen molar-refractivity contribution in [3.8, 4) is 0 Å². The fourth-order valence-electron chi connectivity index (χ4n) is 1.05. The van der Waals surface area contributed by atoms with Gasteiger partial charge in [-0.15, -0.1) is 0 Å². The Morgan fingerprint density at radius 2 is 2.00 bits per heavy atom. The second-order valence-corrected chi connectivity index (χ2v) is 5.30. The second kappa shape index (κ2) is 5.12. The molecule has 4 nitrogen and oxygen atoms in total. The highest BCUT2D eigenvalue weighted by Crippen LogP contribution is 2.04. The molecule has 0 atom stereocenters. The van der Waals surface area contributed by atoms with E-state index in [2.05, 4.69) is 10.6 Å². The Bertz CT molecular complexity index is 366. The van der Waals surface area contributed by atoms with Crippen LogP contribution < -0.4 is 10.6 Å². The Kier molecular flexibility index (Phi) is 4.06. The molecule has 0 aliphatic carbocycles. The van der Waals surface area contributed by atoms with Crippen LogP contribution in [0.4, 0.5) is 0 Å². The number of nitrogens with one attached hydrogen (secondary N) is 2. The van der Waals surface area contributed by atoms with Crippen LogP contribution in [-0.2, 0) is 16.1 Å². The molecule has 5 heteroatoms. The van der Waals surface area contributed by atoms with Crippen LogP contribution in [-0.4, -0.2) is 17.4 Å². The van der Waals surface area contributed by atoms with Gasteiger partial charge in [-0.1, -0.05) is 0 Å². The Morgan fingerprint density at radius 3 is 2.50 bits per heavy atom. The van der Waals surface area contributed by atoms with Gasteiger partial charge >= 0.3 is 11.8 Å². The molecular weight excluding hydrogens is 224 g/mol. The zero-order valence-electron chi connectivity index (χ0n) is 9.66. The monoisotopic (exact) mass is 240 g/mol. The van der Waals surface area contributed by atoms with Gasteiger partial charge in [0.1, 0.15) is 0 Å². The second-order valence-electron chi connectivity index (χ2n) is 4.52. The summed E-state index contributed by atoms with van der Waals surface area (Å²) >= 11 is 1.56. The minimum atomic E-state index is -0.596. The summed E-state index contributed by atoms with van der Waals surface area (Å²) in [4.78, 5) is 22.8. The van der Waals surface area contributed by atoms with Crippen LogP contribution in [0.2, 0.25) is 0 Å². The lowest BCUT2D eigenvalue weighted by molar-refractivity contribution is -0.140. The van der Waals surface area contributed by atoms with Crippen LogP contribution in [0.5, 0.6) is 0 Å². The van der Waals surface area contributed by atoms with Crippen molar-refractivity contribution in [1.82, 2.24) is 10.6 Å². The van der Waals surface area contributed by atoms with Gasteiger partial charge in [-0.2, -0.15) is 11.3 Å². The van der Waals surface area contributed by atoms with E-state index in [1.165, 1.54) is 0 Å². The van der Waals surface area contributed by atoms with Gasteiger partial charge in [0.2, 0.25) is 0 Å². The number of thiophene rings is 1. The van der Waals surface area contributed by atoms with Crippen LogP contribution >= 0.6 is 11.3 Å². The lowest BCUT2D eigenvalue weighted by Gasteiger charge is -2.19. The molecule has 0 fully saturated rings. The highest BCUT2D eigenvalue weighted by atomic mass is 32.1. The maximum Gasteiger partial charge on any atom is 0.309 e. The molecule has 0 radical (unpaired) electrons. The molecule has 0 bridgehead atoms. The van der Waals surface area contributed by atoms with Crippen LogP contribution in [0, 0.1) is 0 Å². The van der Waals surface area contributed by atoms with E-state index in [1.807, 2.05) is 37.6 Å². The summed E-state index contributed by atoms with van der Waals surface area (Å²) in [6.07, 6.45) is 0. The summed E-state index contributed by atoms with van der Waals surface area (Å²) in [6, 6.07) is 1.91. The minimum Gasteiger partial charge on any atom is -0.344 e. The number of rotatable bonds is 2. The van der Waals surface area contributed by atoms with E-state index in [1.54, 1.807) is 11.3 Å². The van der Waals surface area contributed by atoms with Gasteiger partial charge < -0.3 is 10.6 Å². The van der Waals surface area contributed by atoms with Crippen molar-refractivity contribution in [2.45, 2.75) is 32.9 Å². The average molecular weight is 240 g/mol. The molecule has 0 spiro atoms. The lowest BCUT2D eigenvalue weighted by atomic mass is 10.1. The number of carbonyl (C=O) groups excluding carboxylic acids is 2. The molecular formula is C11H16N2O2S. The van der Waals surface area contributed by atoms with Gasteiger partial charge in [-0.25, -0.2) is 0 Å². The fraction of sp³-hybridized carbons (Fsp3) is 0.455. The van der Waals surface area contributed by atoms with Crippen molar-refractivity contribution in [3.63, 3.8) is 0 Å². The molecule has 1 aromatic heterocycles. The molecule has 1 heterocycles. The van der Waals surface area contributed by atoms with Gasteiger partial charge in [-0.3, -0.25) is 9.59 Å². The first kappa shape index (κ1) is 12.7. The number of amides is 2. The summed E-state index contributed by atoms with van der Waals surface area (Å²) in [7, 11) is 0. The van der Waals surface area contributed by atoms with Crippen molar-refractivity contribution < 1.29 is 9.59 Å². The summed E-state index contributed by atoms with van der Waals surface area (Å²) in [5.74, 6) is -1.19. The van der Waals surface area contributed by atoms with Crippen LogP contribution in [0.1, 0.15) is 26.3 Å². The van der Waals surface area contributed by atoms with E-state index >= 15 is 0 Å². The van der Waals surface area contributed by atoms with Crippen molar-refractivity contribution in [3.05, 3.63) is 22.4 Å². The molecule has 0 saturated heterocycles. The Balaban J connectivity index is 2.38. The summed E-state index contributed by atoms with van der Waals surface area (Å²) in [5.41, 5.74) is 0.610.